The van der Waals surface area contributed by atoms with Gasteiger partial charge in [0.2, 0.25) is 5.91 Å². The fourth-order valence-corrected chi connectivity index (χ4v) is 2.09. The van der Waals surface area contributed by atoms with E-state index in [-0.39, 0.29) is 12.5 Å². The first-order valence-electron chi connectivity index (χ1n) is 9.06. The van der Waals surface area contributed by atoms with Crippen molar-refractivity contribution in [3.8, 4) is 0 Å². The summed E-state index contributed by atoms with van der Waals surface area (Å²) < 4.78 is 5.75. The van der Waals surface area contributed by atoms with E-state index in [1.807, 2.05) is 32.0 Å². The molecule has 6 nitrogen and oxygen atoms in total. The molecule has 1 rings (SSSR count). The molecule has 0 radical (unpaired) electrons. The summed E-state index contributed by atoms with van der Waals surface area (Å²) in [5.41, 5.74) is 1.18. The molecule has 140 valence electrons. The molecule has 0 aromatic heterocycles. The van der Waals surface area contributed by atoms with Crippen molar-refractivity contribution in [2.45, 2.75) is 33.8 Å². The number of nitrogens with zero attached hydrogens (tertiary/aromatic N) is 1. The van der Waals surface area contributed by atoms with Crippen molar-refractivity contribution in [1.82, 2.24) is 16.0 Å². The number of carbonyl (C=O) groups excluding carboxylic acids is 1. The van der Waals surface area contributed by atoms with Crippen LogP contribution in [0.3, 0.4) is 0 Å². The third kappa shape index (κ3) is 10.4. The van der Waals surface area contributed by atoms with Crippen LogP contribution < -0.4 is 16.0 Å². The highest BCUT2D eigenvalue weighted by Gasteiger charge is 2.06. The van der Waals surface area contributed by atoms with Gasteiger partial charge in [0.1, 0.15) is 6.54 Å². The Kier molecular flexibility index (Phi) is 11.1. The van der Waals surface area contributed by atoms with E-state index < -0.39 is 0 Å². The standard InChI is InChI=1S/C19H32N4O2/c1-4-11-21-18(24)13-23-19(20-5-2)22-12-16(3)14-25-15-17-9-7-6-8-10-17/h6-10,16H,4-5,11-15H2,1-3H3,(H,21,24)(H2,20,22,23). The number of rotatable bonds is 11. The zero-order chi connectivity index (χ0) is 18.3. The van der Waals surface area contributed by atoms with Crippen LogP contribution in [0.25, 0.3) is 0 Å². The summed E-state index contributed by atoms with van der Waals surface area (Å²) in [6, 6.07) is 10.1. The highest BCUT2D eigenvalue weighted by atomic mass is 16.5. The van der Waals surface area contributed by atoms with Crippen molar-refractivity contribution >= 4 is 11.9 Å². The highest BCUT2D eigenvalue weighted by molar-refractivity contribution is 5.84. The molecule has 1 atom stereocenters. The minimum Gasteiger partial charge on any atom is -0.376 e. The number of amides is 1. The lowest BCUT2D eigenvalue weighted by molar-refractivity contribution is -0.119. The fourth-order valence-electron chi connectivity index (χ4n) is 2.09. The Morgan fingerprint density at radius 2 is 1.92 bits per heavy atom. The van der Waals surface area contributed by atoms with Gasteiger partial charge in [-0.15, -0.1) is 0 Å². The second kappa shape index (κ2) is 13.2. The lowest BCUT2D eigenvalue weighted by Gasteiger charge is -2.16. The Balaban J connectivity index is 2.28. The molecule has 1 aromatic carbocycles. The van der Waals surface area contributed by atoms with Crippen LogP contribution in [-0.2, 0) is 16.1 Å². The van der Waals surface area contributed by atoms with Crippen molar-refractivity contribution in [1.29, 1.82) is 0 Å². The van der Waals surface area contributed by atoms with Gasteiger partial charge in [-0.2, -0.15) is 0 Å². The molecule has 0 saturated heterocycles. The van der Waals surface area contributed by atoms with Gasteiger partial charge < -0.3 is 20.7 Å². The molecule has 0 spiro atoms. The van der Waals surface area contributed by atoms with E-state index in [4.69, 9.17) is 4.74 Å². The fraction of sp³-hybridized carbons (Fsp3) is 0.579. The molecule has 0 bridgehead atoms. The first kappa shape index (κ1) is 21.0. The summed E-state index contributed by atoms with van der Waals surface area (Å²) in [4.78, 5) is 15.9. The second-order valence-electron chi connectivity index (χ2n) is 6.03. The van der Waals surface area contributed by atoms with E-state index in [0.29, 0.717) is 31.6 Å². The molecule has 0 saturated carbocycles. The topological polar surface area (TPSA) is 74.8 Å². The summed E-state index contributed by atoms with van der Waals surface area (Å²) in [7, 11) is 0. The summed E-state index contributed by atoms with van der Waals surface area (Å²) in [6.45, 7) is 9.74. The number of aliphatic imine (C=N–C) groups is 1. The molecule has 0 heterocycles. The maximum Gasteiger partial charge on any atom is 0.241 e. The predicted octanol–water partition coefficient (Wildman–Crippen LogP) is 1.92. The van der Waals surface area contributed by atoms with Crippen LogP contribution in [0.4, 0.5) is 0 Å². The largest absolute Gasteiger partial charge is 0.376 e. The van der Waals surface area contributed by atoms with E-state index in [2.05, 4.69) is 40.0 Å². The predicted molar refractivity (Wildman–Crippen MR) is 103 cm³/mol. The van der Waals surface area contributed by atoms with Gasteiger partial charge >= 0.3 is 0 Å². The van der Waals surface area contributed by atoms with Crippen LogP contribution in [0.2, 0.25) is 0 Å². The second-order valence-corrected chi connectivity index (χ2v) is 6.03. The van der Waals surface area contributed by atoms with Gasteiger partial charge in [-0.25, -0.2) is 4.99 Å². The molecule has 6 heteroatoms. The van der Waals surface area contributed by atoms with Crippen LogP contribution in [0.5, 0.6) is 0 Å². The first-order valence-corrected chi connectivity index (χ1v) is 9.06. The van der Waals surface area contributed by atoms with Crippen LogP contribution in [0.15, 0.2) is 35.3 Å². The lowest BCUT2D eigenvalue weighted by atomic mass is 10.2. The Morgan fingerprint density at radius 1 is 1.16 bits per heavy atom. The van der Waals surface area contributed by atoms with E-state index in [9.17, 15) is 4.79 Å². The van der Waals surface area contributed by atoms with Crippen molar-refractivity contribution in [2.75, 3.05) is 32.8 Å². The molecule has 0 fully saturated rings. The average molecular weight is 348 g/mol. The van der Waals surface area contributed by atoms with Crippen molar-refractivity contribution in [3.05, 3.63) is 35.9 Å². The first-order chi connectivity index (χ1) is 12.2. The van der Waals surface area contributed by atoms with Gasteiger partial charge in [-0.3, -0.25) is 4.79 Å². The Labute approximate surface area is 151 Å². The zero-order valence-electron chi connectivity index (χ0n) is 15.7. The lowest BCUT2D eigenvalue weighted by Crippen LogP contribution is -2.41. The van der Waals surface area contributed by atoms with E-state index in [0.717, 1.165) is 19.5 Å². The number of nitrogens with one attached hydrogen (secondary N) is 3. The monoisotopic (exact) mass is 348 g/mol. The van der Waals surface area contributed by atoms with Gasteiger partial charge in [0, 0.05) is 19.6 Å². The Bertz CT molecular complexity index is 505. The SMILES string of the molecule is CCCNC(=O)CN=C(NCC)NCC(C)COCc1ccccc1. The van der Waals surface area contributed by atoms with Crippen LogP contribution >= 0.6 is 0 Å². The maximum absolute atomic E-state index is 11.6. The minimum absolute atomic E-state index is 0.0571. The van der Waals surface area contributed by atoms with Gasteiger partial charge in [0.15, 0.2) is 5.96 Å². The van der Waals surface area contributed by atoms with E-state index in [1.54, 1.807) is 0 Å². The molecule has 3 N–H and O–H groups in total. The Hall–Kier alpha value is -2.08. The summed E-state index contributed by atoms with van der Waals surface area (Å²) in [5.74, 6) is 0.934. The van der Waals surface area contributed by atoms with E-state index in [1.165, 1.54) is 5.56 Å². The molecule has 1 amide bonds. The Morgan fingerprint density at radius 3 is 2.60 bits per heavy atom. The van der Waals surface area contributed by atoms with Crippen molar-refractivity contribution in [2.24, 2.45) is 10.9 Å². The highest BCUT2D eigenvalue weighted by Crippen LogP contribution is 2.02. The maximum atomic E-state index is 11.6. The molecular formula is C19H32N4O2. The van der Waals surface area contributed by atoms with Gasteiger partial charge in [-0.1, -0.05) is 44.2 Å². The molecule has 25 heavy (non-hydrogen) atoms. The molecule has 0 aliphatic heterocycles. The third-order valence-corrected chi connectivity index (χ3v) is 3.43. The number of hydrogen-bond acceptors (Lipinski definition) is 3. The van der Waals surface area contributed by atoms with Crippen molar-refractivity contribution in [3.63, 3.8) is 0 Å². The van der Waals surface area contributed by atoms with Crippen molar-refractivity contribution < 1.29 is 9.53 Å². The molecule has 0 aliphatic rings. The average Bonchev–Trinajstić information content (AvgIpc) is 2.63. The number of ether oxygens (including phenoxy) is 1. The summed E-state index contributed by atoms with van der Waals surface area (Å²) in [5, 5.41) is 9.23. The van der Waals surface area contributed by atoms with Crippen LogP contribution in [-0.4, -0.2) is 44.7 Å². The van der Waals surface area contributed by atoms with Gasteiger partial charge in [0.25, 0.3) is 0 Å². The van der Waals surface area contributed by atoms with Gasteiger partial charge in [0.05, 0.1) is 13.2 Å². The van der Waals surface area contributed by atoms with E-state index >= 15 is 0 Å². The number of guanidine groups is 1. The summed E-state index contributed by atoms with van der Waals surface area (Å²) in [6.07, 6.45) is 0.925. The normalized spacial score (nSPS) is 12.5. The number of benzene rings is 1. The van der Waals surface area contributed by atoms with Crippen LogP contribution in [0.1, 0.15) is 32.8 Å². The van der Waals surface area contributed by atoms with Gasteiger partial charge in [-0.05, 0) is 24.8 Å². The smallest absolute Gasteiger partial charge is 0.241 e. The zero-order valence-corrected chi connectivity index (χ0v) is 15.7. The molecule has 1 aromatic rings. The molecular weight excluding hydrogens is 316 g/mol. The molecule has 1 unspecified atom stereocenters. The van der Waals surface area contributed by atoms with Crippen LogP contribution in [0, 0.1) is 5.92 Å². The molecule has 0 aliphatic carbocycles. The summed E-state index contributed by atoms with van der Waals surface area (Å²) >= 11 is 0. The third-order valence-electron chi connectivity index (χ3n) is 3.43. The number of hydrogen-bond donors (Lipinski definition) is 3. The quantitative estimate of drug-likeness (QED) is 0.422. The minimum atomic E-state index is -0.0571. The number of carbonyl (C=O) groups is 1.